The van der Waals surface area contributed by atoms with Crippen molar-refractivity contribution >= 4 is 11.6 Å². The molecule has 3 heteroatoms. The number of hydrogen-bond donors (Lipinski definition) is 1. The van der Waals surface area contributed by atoms with E-state index in [0.717, 1.165) is 13.1 Å². The maximum Gasteiger partial charge on any atom is 0.126 e. The van der Waals surface area contributed by atoms with Gasteiger partial charge in [-0.3, -0.25) is 0 Å². The van der Waals surface area contributed by atoms with Gasteiger partial charge in [0.1, 0.15) is 5.82 Å². The van der Waals surface area contributed by atoms with Gasteiger partial charge in [-0.2, -0.15) is 0 Å². The lowest BCUT2D eigenvalue weighted by Crippen LogP contribution is -2.58. The van der Waals surface area contributed by atoms with Crippen LogP contribution in [0, 0.1) is 12.7 Å². The summed E-state index contributed by atoms with van der Waals surface area (Å²) in [6.07, 6.45) is 0.678. The molecule has 2 aromatic carbocycles. The first-order valence-electron chi connectivity index (χ1n) is 6.81. The summed E-state index contributed by atoms with van der Waals surface area (Å²) in [6, 6.07) is 13.2. The fourth-order valence-corrected chi connectivity index (χ4v) is 3.24. The smallest absolute Gasteiger partial charge is 0.126 e. The Balaban J connectivity index is 1.98. The van der Waals surface area contributed by atoms with Gasteiger partial charge in [0.2, 0.25) is 0 Å². The normalized spacial score (nSPS) is 16.8. The average molecular weight is 290 g/mol. The molecule has 2 aromatic rings. The maximum absolute atomic E-state index is 14.0. The third-order valence-electron chi connectivity index (χ3n) is 4.18. The SMILES string of the molecule is Cc1ccccc1C1(Cc2cc(Cl)ccc2F)CNC1. The highest BCUT2D eigenvalue weighted by Gasteiger charge is 2.40. The van der Waals surface area contributed by atoms with E-state index in [9.17, 15) is 4.39 Å². The molecule has 0 aliphatic carbocycles. The molecule has 20 heavy (non-hydrogen) atoms. The Morgan fingerprint density at radius 1 is 1.20 bits per heavy atom. The zero-order valence-corrected chi connectivity index (χ0v) is 12.2. The first-order valence-corrected chi connectivity index (χ1v) is 7.19. The Hall–Kier alpha value is -1.38. The zero-order chi connectivity index (χ0) is 14.2. The molecular weight excluding hydrogens is 273 g/mol. The average Bonchev–Trinajstić information content (AvgIpc) is 2.39. The molecule has 1 nitrogen and oxygen atoms in total. The van der Waals surface area contributed by atoms with E-state index >= 15 is 0 Å². The zero-order valence-electron chi connectivity index (χ0n) is 11.4. The molecule has 0 amide bonds. The van der Waals surface area contributed by atoms with Crippen LogP contribution in [0.4, 0.5) is 4.39 Å². The third-order valence-corrected chi connectivity index (χ3v) is 4.41. The number of hydrogen-bond acceptors (Lipinski definition) is 1. The molecule has 3 rings (SSSR count). The molecule has 1 aliphatic heterocycles. The van der Waals surface area contributed by atoms with Crippen LogP contribution in [0.2, 0.25) is 5.02 Å². The second-order valence-corrected chi connectivity index (χ2v) is 6.05. The monoisotopic (exact) mass is 289 g/mol. The number of benzene rings is 2. The summed E-state index contributed by atoms with van der Waals surface area (Å²) in [5, 5.41) is 3.92. The van der Waals surface area contributed by atoms with Crippen molar-refractivity contribution < 1.29 is 4.39 Å². The van der Waals surface area contributed by atoms with E-state index in [1.54, 1.807) is 12.1 Å². The molecule has 1 N–H and O–H groups in total. The van der Waals surface area contributed by atoms with Crippen LogP contribution in [0.5, 0.6) is 0 Å². The van der Waals surface area contributed by atoms with Gasteiger partial charge in [-0.25, -0.2) is 4.39 Å². The van der Waals surface area contributed by atoms with Crippen LogP contribution >= 0.6 is 11.6 Å². The Morgan fingerprint density at radius 3 is 2.60 bits per heavy atom. The standard InChI is InChI=1S/C17H17ClFN/c1-12-4-2-3-5-15(12)17(10-20-11-17)9-13-8-14(18)6-7-16(13)19/h2-8,20H,9-11H2,1H3. The van der Waals surface area contributed by atoms with E-state index < -0.39 is 0 Å². The molecule has 1 heterocycles. The summed E-state index contributed by atoms with van der Waals surface area (Å²) in [5.41, 5.74) is 3.24. The van der Waals surface area contributed by atoms with Crippen LogP contribution < -0.4 is 5.32 Å². The van der Waals surface area contributed by atoms with E-state index in [1.807, 2.05) is 6.07 Å². The second-order valence-electron chi connectivity index (χ2n) is 5.61. The largest absolute Gasteiger partial charge is 0.315 e. The molecule has 0 saturated carbocycles. The van der Waals surface area contributed by atoms with Gasteiger partial charge in [-0.15, -0.1) is 0 Å². The highest BCUT2D eigenvalue weighted by molar-refractivity contribution is 6.30. The van der Waals surface area contributed by atoms with Crippen LogP contribution in [-0.2, 0) is 11.8 Å². The lowest BCUT2D eigenvalue weighted by Gasteiger charge is -2.44. The highest BCUT2D eigenvalue weighted by Crippen LogP contribution is 2.35. The first kappa shape index (κ1) is 13.6. The van der Waals surface area contributed by atoms with Crippen LogP contribution in [-0.4, -0.2) is 13.1 Å². The minimum Gasteiger partial charge on any atom is -0.315 e. The number of nitrogens with one attached hydrogen (secondary N) is 1. The fraction of sp³-hybridized carbons (Fsp3) is 0.294. The Kier molecular flexibility index (Phi) is 3.53. The van der Waals surface area contributed by atoms with Crippen LogP contribution in [0.25, 0.3) is 0 Å². The predicted octanol–water partition coefficient (Wildman–Crippen LogP) is 3.87. The Morgan fingerprint density at radius 2 is 1.95 bits per heavy atom. The molecule has 0 unspecified atom stereocenters. The highest BCUT2D eigenvalue weighted by atomic mass is 35.5. The van der Waals surface area contributed by atoms with Crippen LogP contribution in [0.1, 0.15) is 16.7 Å². The first-order chi connectivity index (χ1) is 9.61. The fourth-order valence-electron chi connectivity index (χ4n) is 3.05. The Bertz CT molecular complexity index is 635. The van der Waals surface area contributed by atoms with Gasteiger partial charge in [-0.1, -0.05) is 35.9 Å². The minimum atomic E-state index is -0.172. The quantitative estimate of drug-likeness (QED) is 0.904. The second kappa shape index (κ2) is 5.19. The summed E-state index contributed by atoms with van der Waals surface area (Å²) in [4.78, 5) is 0. The van der Waals surface area contributed by atoms with Crippen molar-refractivity contribution in [2.24, 2.45) is 0 Å². The van der Waals surface area contributed by atoms with E-state index in [-0.39, 0.29) is 11.2 Å². The summed E-state index contributed by atoms with van der Waals surface area (Å²) in [6.45, 7) is 3.87. The summed E-state index contributed by atoms with van der Waals surface area (Å²) >= 11 is 6.00. The molecule has 1 aliphatic rings. The lowest BCUT2D eigenvalue weighted by atomic mass is 9.69. The van der Waals surface area contributed by atoms with Crippen molar-refractivity contribution in [1.82, 2.24) is 5.32 Å². The van der Waals surface area contributed by atoms with Crippen molar-refractivity contribution in [2.45, 2.75) is 18.8 Å². The van der Waals surface area contributed by atoms with Gasteiger partial charge in [-0.05, 0) is 48.2 Å². The molecule has 104 valence electrons. The number of aryl methyl sites for hydroxylation is 1. The molecule has 0 spiro atoms. The summed E-state index contributed by atoms with van der Waals surface area (Å²) < 4.78 is 14.0. The molecule has 0 bridgehead atoms. The van der Waals surface area contributed by atoms with Crippen molar-refractivity contribution in [3.63, 3.8) is 0 Å². The molecule has 0 radical (unpaired) electrons. The minimum absolute atomic E-state index is 0.0170. The number of rotatable bonds is 3. The molecule has 1 saturated heterocycles. The van der Waals surface area contributed by atoms with Gasteiger partial charge < -0.3 is 5.32 Å². The van der Waals surface area contributed by atoms with E-state index in [2.05, 4.69) is 30.4 Å². The van der Waals surface area contributed by atoms with Crippen LogP contribution in [0.15, 0.2) is 42.5 Å². The van der Waals surface area contributed by atoms with E-state index in [4.69, 9.17) is 11.6 Å². The predicted molar refractivity (Wildman–Crippen MR) is 80.8 cm³/mol. The lowest BCUT2D eigenvalue weighted by molar-refractivity contribution is 0.271. The summed E-state index contributed by atoms with van der Waals surface area (Å²) in [7, 11) is 0. The molecule has 0 aromatic heterocycles. The Labute approximate surface area is 123 Å². The number of halogens is 2. The van der Waals surface area contributed by atoms with Gasteiger partial charge >= 0.3 is 0 Å². The summed E-state index contributed by atoms with van der Waals surface area (Å²) in [5.74, 6) is -0.172. The van der Waals surface area contributed by atoms with Gasteiger partial charge in [0.05, 0.1) is 0 Å². The maximum atomic E-state index is 14.0. The van der Waals surface area contributed by atoms with Gasteiger partial charge in [0, 0.05) is 23.5 Å². The third kappa shape index (κ3) is 2.34. The van der Waals surface area contributed by atoms with E-state index in [1.165, 1.54) is 17.2 Å². The van der Waals surface area contributed by atoms with E-state index in [0.29, 0.717) is 17.0 Å². The molecular formula is C17H17ClFN. The molecule has 1 fully saturated rings. The van der Waals surface area contributed by atoms with Crippen molar-refractivity contribution in [3.8, 4) is 0 Å². The van der Waals surface area contributed by atoms with Gasteiger partial charge in [0.15, 0.2) is 0 Å². The van der Waals surface area contributed by atoms with Gasteiger partial charge in [0.25, 0.3) is 0 Å². The van der Waals surface area contributed by atoms with Crippen molar-refractivity contribution in [1.29, 1.82) is 0 Å². The van der Waals surface area contributed by atoms with Crippen LogP contribution in [0.3, 0.4) is 0 Å². The topological polar surface area (TPSA) is 12.0 Å². The van der Waals surface area contributed by atoms with Crippen molar-refractivity contribution in [3.05, 3.63) is 70.0 Å². The van der Waals surface area contributed by atoms with Crippen molar-refractivity contribution in [2.75, 3.05) is 13.1 Å². The molecule has 0 atom stereocenters.